The second-order valence-electron chi connectivity index (χ2n) is 7.14. The zero-order valence-corrected chi connectivity index (χ0v) is 16.3. The van der Waals surface area contributed by atoms with Crippen LogP contribution in [0.1, 0.15) is 40.2 Å². The van der Waals surface area contributed by atoms with Crippen LogP contribution in [0.25, 0.3) is 0 Å². The summed E-state index contributed by atoms with van der Waals surface area (Å²) in [7, 11) is 0. The van der Waals surface area contributed by atoms with Gasteiger partial charge in [0.1, 0.15) is 0 Å². The number of aromatic nitrogens is 2. The van der Waals surface area contributed by atoms with Gasteiger partial charge in [-0.25, -0.2) is 0 Å². The Labute approximate surface area is 169 Å². The summed E-state index contributed by atoms with van der Waals surface area (Å²) in [5.74, 6) is -0.488. The standard InChI is InChI=1S/C19H24N6O2.ClH/c20-18(26)16-5-2-8-25(16)11-12-3-1-4-13(9-12)22-19(27)17-14-10-21-7-6-15(14)23-24-17;/h1,3-4,9,16,21H,2,5-8,10-11H2,(H2,20,26)(H,22,27)(H,23,24);1H. The molecule has 1 fully saturated rings. The van der Waals surface area contributed by atoms with E-state index in [2.05, 4.69) is 25.7 Å². The first-order valence-corrected chi connectivity index (χ1v) is 9.32. The third kappa shape index (κ3) is 4.19. The van der Waals surface area contributed by atoms with Crippen molar-refractivity contribution >= 4 is 29.9 Å². The summed E-state index contributed by atoms with van der Waals surface area (Å²) < 4.78 is 0. The van der Waals surface area contributed by atoms with Crippen molar-refractivity contribution in [2.75, 3.05) is 18.4 Å². The molecule has 0 bridgehead atoms. The Hall–Kier alpha value is -2.42. The van der Waals surface area contributed by atoms with Crippen molar-refractivity contribution < 1.29 is 9.59 Å². The van der Waals surface area contributed by atoms with Crippen molar-refractivity contribution in [3.63, 3.8) is 0 Å². The SMILES string of the molecule is Cl.NC(=O)C1CCCN1Cc1cccc(NC(=O)c2n[nH]c3c2CNCC3)c1. The number of carbonyl (C=O) groups is 2. The third-order valence-electron chi connectivity index (χ3n) is 5.28. The molecule has 2 aliphatic rings. The number of rotatable bonds is 5. The first kappa shape index (κ1) is 20.3. The number of halogens is 1. The summed E-state index contributed by atoms with van der Waals surface area (Å²) in [6.07, 6.45) is 2.63. The lowest BCUT2D eigenvalue weighted by Crippen LogP contribution is -2.39. The topological polar surface area (TPSA) is 116 Å². The van der Waals surface area contributed by atoms with Crippen LogP contribution in [0.5, 0.6) is 0 Å². The van der Waals surface area contributed by atoms with E-state index in [1.807, 2.05) is 24.3 Å². The van der Waals surface area contributed by atoms with Crippen LogP contribution in [0.4, 0.5) is 5.69 Å². The van der Waals surface area contributed by atoms with Crippen molar-refractivity contribution in [1.29, 1.82) is 0 Å². The Morgan fingerprint density at radius 3 is 3.04 bits per heavy atom. The van der Waals surface area contributed by atoms with E-state index in [0.717, 1.165) is 49.2 Å². The summed E-state index contributed by atoms with van der Waals surface area (Å²) in [6, 6.07) is 7.49. The Balaban J connectivity index is 0.00000225. The number of nitrogens with zero attached hydrogens (tertiary/aromatic N) is 2. The van der Waals surface area contributed by atoms with Crippen LogP contribution < -0.4 is 16.4 Å². The molecular weight excluding hydrogens is 380 g/mol. The van der Waals surface area contributed by atoms with Gasteiger partial charge in [-0.3, -0.25) is 19.6 Å². The number of amides is 2. The first-order chi connectivity index (χ1) is 13.1. The van der Waals surface area contributed by atoms with Gasteiger partial charge < -0.3 is 16.4 Å². The number of H-pyrrole nitrogens is 1. The van der Waals surface area contributed by atoms with E-state index >= 15 is 0 Å². The van der Waals surface area contributed by atoms with Gasteiger partial charge in [0.25, 0.3) is 5.91 Å². The number of carbonyl (C=O) groups excluding carboxylic acids is 2. The second kappa shape index (κ2) is 8.72. The Bertz CT molecular complexity index is 868. The van der Waals surface area contributed by atoms with E-state index in [9.17, 15) is 9.59 Å². The molecule has 2 amide bonds. The Kier molecular flexibility index (Phi) is 6.33. The molecule has 1 aromatic heterocycles. The number of nitrogens with one attached hydrogen (secondary N) is 3. The van der Waals surface area contributed by atoms with Gasteiger partial charge in [0.05, 0.1) is 6.04 Å². The second-order valence-corrected chi connectivity index (χ2v) is 7.14. The number of fused-ring (bicyclic) bond motifs is 1. The Morgan fingerprint density at radius 2 is 2.21 bits per heavy atom. The molecular formula is C19H25ClN6O2. The number of anilines is 1. The molecule has 4 rings (SSSR count). The molecule has 1 saturated heterocycles. The lowest BCUT2D eigenvalue weighted by molar-refractivity contribution is -0.122. The van der Waals surface area contributed by atoms with E-state index < -0.39 is 0 Å². The summed E-state index contributed by atoms with van der Waals surface area (Å²) >= 11 is 0. The highest BCUT2D eigenvalue weighted by molar-refractivity contribution is 6.04. The zero-order chi connectivity index (χ0) is 18.8. The van der Waals surface area contributed by atoms with Crippen molar-refractivity contribution in [3.8, 4) is 0 Å². The van der Waals surface area contributed by atoms with Crippen LogP contribution in [-0.2, 0) is 24.3 Å². The van der Waals surface area contributed by atoms with E-state index in [4.69, 9.17) is 5.73 Å². The minimum atomic E-state index is -0.270. The van der Waals surface area contributed by atoms with Crippen molar-refractivity contribution in [3.05, 3.63) is 46.8 Å². The molecule has 2 aromatic rings. The van der Waals surface area contributed by atoms with E-state index in [1.165, 1.54) is 0 Å². The fourth-order valence-corrected chi connectivity index (χ4v) is 3.92. The summed E-state index contributed by atoms with van der Waals surface area (Å²) in [6.45, 7) is 3.04. The van der Waals surface area contributed by atoms with Crippen LogP contribution >= 0.6 is 12.4 Å². The van der Waals surface area contributed by atoms with Crippen molar-refractivity contribution in [1.82, 2.24) is 20.4 Å². The lowest BCUT2D eigenvalue weighted by Gasteiger charge is -2.22. The normalized spacial score (nSPS) is 18.9. The lowest BCUT2D eigenvalue weighted by atomic mass is 10.1. The van der Waals surface area contributed by atoms with Gasteiger partial charge in [-0.2, -0.15) is 5.10 Å². The molecule has 9 heteroatoms. The Morgan fingerprint density at radius 1 is 1.36 bits per heavy atom. The highest BCUT2D eigenvalue weighted by Crippen LogP contribution is 2.22. The predicted octanol–water partition coefficient (Wildman–Crippen LogP) is 1.18. The number of likely N-dealkylation sites (tertiary alicyclic amines) is 1. The fraction of sp³-hybridized carbons (Fsp3) is 0.421. The average molecular weight is 405 g/mol. The molecule has 5 N–H and O–H groups in total. The predicted molar refractivity (Wildman–Crippen MR) is 108 cm³/mol. The largest absolute Gasteiger partial charge is 0.368 e. The molecule has 1 aromatic carbocycles. The number of benzene rings is 1. The smallest absolute Gasteiger partial charge is 0.276 e. The molecule has 0 radical (unpaired) electrons. The molecule has 0 aliphatic carbocycles. The van der Waals surface area contributed by atoms with Gasteiger partial charge in [-0.05, 0) is 37.1 Å². The summed E-state index contributed by atoms with van der Waals surface area (Å²) in [5.41, 5.74) is 9.65. The molecule has 28 heavy (non-hydrogen) atoms. The maximum absolute atomic E-state index is 12.7. The fourth-order valence-electron chi connectivity index (χ4n) is 3.92. The molecule has 3 heterocycles. The van der Waals surface area contributed by atoms with E-state index in [-0.39, 0.29) is 30.3 Å². The quantitative estimate of drug-likeness (QED) is 0.597. The summed E-state index contributed by atoms with van der Waals surface area (Å²) in [4.78, 5) is 26.3. The number of nitrogens with two attached hydrogens (primary N) is 1. The van der Waals surface area contributed by atoms with Gasteiger partial charge in [-0.15, -0.1) is 12.4 Å². The van der Waals surface area contributed by atoms with Gasteiger partial charge in [0, 0.05) is 43.0 Å². The van der Waals surface area contributed by atoms with Gasteiger partial charge in [-0.1, -0.05) is 12.1 Å². The van der Waals surface area contributed by atoms with Gasteiger partial charge in [0.15, 0.2) is 5.69 Å². The molecule has 1 unspecified atom stereocenters. The number of primary amides is 1. The van der Waals surface area contributed by atoms with Crippen LogP contribution in [0.3, 0.4) is 0 Å². The molecule has 8 nitrogen and oxygen atoms in total. The average Bonchev–Trinajstić information content (AvgIpc) is 3.28. The van der Waals surface area contributed by atoms with Gasteiger partial charge >= 0.3 is 0 Å². The van der Waals surface area contributed by atoms with Crippen LogP contribution in [0.15, 0.2) is 24.3 Å². The number of hydrogen-bond acceptors (Lipinski definition) is 5. The summed E-state index contributed by atoms with van der Waals surface area (Å²) in [5, 5.41) is 13.4. The zero-order valence-electron chi connectivity index (χ0n) is 15.5. The van der Waals surface area contributed by atoms with Crippen LogP contribution in [0, 0.1) is 0 Å². The molecule has 0 spiro atoms. The van der Waals surface area contributed by atoms with Crippen LogP contribution in [-0.4, -0.2) is 46.0 Å². The minimum absolute atomic E-state index is 0. The molecule has 2 aliphatic heterocycles. The van der Waals surface area contributed by atoms with E-state index in [1.54, 1.807) is 0 Å². The van der Waals surface area contributed by atoms with E-state index in [0.29, 0.717) is 24.5 Å². The monoisotopic (exact) mass is 404 g/mol. The maximum Gasteiger partial charge on any atom is 0.276 e. The van der Waals surface area contributed by atoms with Gasteiger partial charge in [0.2, 0.25) is 5.91 Å². The van der Waals surface area contributed by atoms with Crippen LogP contribution in [0.2, 0.25) is 0 Å². The first-order valence-electron chi connectivity index (χ1n) is 9.32. The third-order valence-corrected chi connectivity index (χ3v) is 5.28. The maximum atomic E-state index is 12.7. The number of hydrogen-bond donors (Lipinski definition) is 4. The number of aromatic amines is 1. The molecule has 0 saturated carbocycles. The highest BCUT2D eigenvalue weighted by atomic mass is 35.5. The van der Waals surface area contributed by atoms with Crippen molar-refractivity contribution in [2.24, 2.45) is 5.73 Å². The van der Waals surface area contributed by atoms with Crippen molar-refractivity contribution in [2.45, 2.75) is 38.4 Å². The highest BCUT2D eigenvalue weighted by Gasteiger charge is 2.28. The molecule has 1 atom stereocenters. The minimum Gasteiger partial charge on any atom is -0.368 e. The molecule has 150 valence electrons.